The lowest BCUT2D eigenvalue weighted by Crippen LogP contribution is -2.27. The number of pyridine rings is 1. The van der Waals surface area contributed by atoms with Crippen molar-refractivity contribution in [3.8, 4) is 0 Å². The molecule has 0 amide bonds. The van der Waals surface area contributed by atoms with Gasteiger partial charge in [-0.25, -0.2) is 4.98 Å². The summed E-state index contributed by atoms with van der Waals surface area (Å²) in [5.74, 6) is 0.959. The van der Waals surface area contributed by atoms with Crippen molar-refractivity contribution < 1.29 is 4.42 Å². The maximum absolute atomic E-state index is 5.31. The number of hydrogen-bond acceptors (Lipinski definition) is 3. The van der Waals surface area contributed by atoms with Crippen LogP contribution in [0.15, 0.2) is 29.0 Å². The highest BCUT2D eigenvalue weighted by Crippen LogP contribution is 2.27. The summed E-state index contributed by atoms with van der Waals surface area (Å²) < 4.78 is 5.31. The van der Waals surface area contributed by atoms with Crippen LogP contribution in [0.4, 0.5) is 5.82 Å². The highest BCUT2D eigenvalue weighted by molar-refractivity contribution is 5.87. The molecular formula is C11H12N2O. The Morgan fingerprint density at radius 2 is 2.29 bits per heavy atom. The third kappa shape index (κ3) is 1.16. The van der Waals surface area contributed by atoms with Crippen molar-refractivity contribution in [3.63, 3.8) is 0 Å². The van der Waals surface area contributed by atoms with Crippen LogP contribution in [0.1, 0.15) is 19.3 Å². The van der Waals surface area contributed by atoms with Gasteiger partial charge < -0.3 is 9.73 Å². The zero-order valence-corrected chi connectivity index (χ0v) is 7.86. The Labute approximate surface area is 82.1 Å². The van der Waals surface area contributed by atoms with Gasteiger partial charge in [-0.15, -0.1) is 0 Å². The maximum Gasteiger partial charge on any atom is 0.139 e. The van der Waals surface area contributed by atoms with Crippen LogP contribution < -0.4 is 5.32 Å². The van der Waals surface area contributed by atoms with Crippen LogP contribution in [-0.4, -0.2) is 11.0 Å². The molecule has 0 spiro atoms. The van der Waals surface area contributed by atoms with E-state index < -0.39 is 0 Å². The van der Waals surface area contributed by atoms with Crippen molar-refractivity contribution in [3.05, 3.63) is 24.6 Å². The fraction of sp³-hybridized carbons (Fsp3) is 0.364. The number of nitrogens with zero attached hydrogens (tertiary/aromatic N) is 1. The SMILES string of the molecule is c1cc2occc2c(NC2CCC2)n1. The molecular weight excluding hydrogens is 176 g/mol. The zero-order chi connectivity index (χ0) is 9.38. The molecule has 0 atom stereocenters. The molecule has 3 heteroatoms. The number of aromatic nitrogens is 1. The second kappa shape index (κ2) is 3.01. The van der Waals surface area contributed by atoms with Crippen LogP contribution in [0, 0.1) is 0 Å². The number of rotatable bonds is 2. The Morgan fingerprint density at radius 3 is 3.07 bits per heavy atom. The van der Waals surface area contributed by atoms with E-state index in [0.717, 1.165) is 16.8 Å². The molecule has 14 heavy (non-hydrogen) atoms. The second-order valence-corrected chi connectivity index (χ2v) is 3.76. The van der Waals surface area contributed by atoms with E-state index in [9.17, 15) is 0 Å². The molecule has 3 rings (SSSR count). The highest BCUT2D eigenvalue weighted by atomic mass is 16.3. The topological polar surface area (TPSA) is 38.1 Å². The molecule has 0 unspecified atom stereocenters. The summed E-state index contributed by atoms with van der Waals surface area (Å²) >= 11 is 0. The van der Waals surface area contributed by atoms with E-state index in [2.05, 4.69) is 10.3 Å². The number of anilines is 1. The van der Waals surface area contributed by atoms with E-state index in [4.69, 9.17) is 4.42 Å². The number of furan rings is 1. The quantitative estimate of drug-likeness (QED) is 0.787. The van der Waals surface area contributed by atoms with Crippen molar-refractivity contribution in [2.45, 2.75) is 25.3 Å². The molecule has 0 radical (unpaired) electrons. The van der Waals surface area contributed by atoms with Crippen molar-refractivity contribution in [2.75, 3.05) is 5.32 Å². The summed E-state index contributed by atoms with van der Waals surface area (Å²) in [5.41, 5.74) is 0.904. The molecule has 72 valence electrons. The lowest BCUT2D eigenvalue weighted by molar-refractivity contribution is 0.445. The molecule has 1 aliphatic rings. The van der Waals surface area contributed by atoms with E-state index in [1.165, 1.54) is 19.3 Å². The van der Waals surface area contributed by atoms with Crippen LogP contribution in [0.2, 0.25) is 0 Å². The Bertz CT molecular complexity index is 445. The van der Waals surface area contributed by atoms with Gasteiger partial charge in [0.2, 0.25) is 0 Å². The minimum absolute atomic E-state index is 0.614. The van der Waals surface area contributed by atoms with Crippen molar-refractivity contribution in [1.82, 2.24) is 4.98 Å². The van der Waals surface area contributed by atoms with Gasteiger partial charge in [0.15, 0.2) is 0 Å². The van der Waals surface area contributed by atoms with E-state index in [-0.39, 0.29) is 0 Å². The van der Waals surface area contributed by atoms with E-state index in [1.54, 1.807) is 12.5 Å². The predicted octanol–water partition coefficient (Wildman–Crippen LogP) is 2.79. The molecule has 3 nitrogen and oxygen atoms in total. The summed E-state index contributed by atoms with van der Waals surface area (Å²) in [6, 6.07) is 4.47. The van der Waals surface area contributed by atoms with Crippen LogP contribution in [0.25, 0.3) is 11.0 Å². The van der Waals surface area contributed by atoms with Crippen molar-refractivity contribution in [1.29, 1.82) is 0 Å². The zero-order valence-electron chi connectivity index (χ0n) is 7.86. The van der Waals surface area contributed by atoms with Gasteiger partial charge in [0.25, 0.3) is 0 Å². The Morgan fingerprint density at radius 1 is 1.36 bits per heavy atom. The summed E-state index contributed by atoms with van der Waals surface area (Å²) in [5, 5.41) is 4.52. The lowest BCUT2D eigenvalue weighted by atomic mass is 9.93. The van der Waals surface area contributed by atoms with Crippen molar-refractivity contribution >= 4 is 16.8 Å². The molecule has 2 aromatic heterocycles. The minimum Gasteiger partial charge on any atom is -0.464 e. The van der Waals surface area contributed by atoms with E-state index >= 15 is 0 Å². The molecule has 0 aromatic carbocycles. The predicted molar refractivity (Wildman–Crippen MR) is 55.3 cm³/mol. The second-order valence-electron chi connectivity index (χ2n) is 3.76. The first-order valence-electron chi connectivity index (χ1n) is 5.02. The summed E-state index contributed by atoms with van der Waals surface area (Å²) in [4.78, 5) is 4.33. The summed E-state index contributed by atoms with van der Waals surface area (Å²) in [6.45, 7) is 0. The van der Waals surface area contributed by atoms with Crippen molar-refractivity contribution in [2.24, 2.45) is 0 Å². The molecule has 2 aromatic rings. The first-order chi connectivity index (χ1) is 6.93. The smallest absolute Gasteiger partial charge is 0.139 e. The van der Waals surface area contributed by atoms with Crippen LogP contribution in [0.5, 0.6) is 0 Å². The first kappa shape index (κ1) is 7.85. The van der Waals surface area contributed by atoms with Gasteiger partial charge in [0.1, 0.15) is 11.4 Å². The molecule has 1 aliphatic carbocycles. The fourth-order valence-corrected chi connectivity index (χ4v) is 1.76. The molecule has 0 bridgehead atoms. The highest BCUT2D eigenvalue weighted by Gasteiger charge is 2.18. The van der Waals surface area contributed by atoms with Crippen LogP contribution >= 0.6 is 0 Å². The number of nitrogens with one attached hydrogen (secondary N) is 1. The normalized spacial score (nSPS) is 16.9. The third-order valence-electron chi connectivity index (χ3n) is 2.83. The molecule has 1 fully saturated rings. The summed E-state index contributed by atoms with van der Waals surface area (Å²) in [7, 11) is 0. The Kier molecular flexibility index (Phi) is 1.69. The molecule has 0 saturated heterocycles. The maximum atomic E-state index is 5.31. The lowest BCUT2D eigenvalue weighted by Gasteiger charge is -2.27. The molecule has 0 aliphatic heterocycles. The minimum atomic E-state index is 0.614. The Balaban J connectivity index is 1.97. The van der Waals surface area contributed by atoms with Crippen LogP contribution in [0.3, 0.4) is 0 Å². The molecule has 1 saturated carbocycles. The van der Waals surface area contributed by atoms with Crippen LogP contribution in [-0.2, 0) is 0 Å². The third-order valence-corrected chi connectivity index (χ3v) is 2.83. The monoisotopic (exact) mass is 188 g/mol. The average molecular weight is 188 g/mol. The van der Waals surface area contributed by atoms with Gasteiger partial charge in [-0.2, -0.15) is 0 Å². The van der Waals surface area contributed by atoms with E-state index in [0.29, 0.717) is 6.04 Å². The first-order valence-corrected chi connectivity index (χ1v) is 5.02. The van der Waals surface area contributed by atoms with E-state index in [1.807, 2.05) is 12.1 Å². The number of hydrogen-bond donors (Lipinski definition) is 1. The Hall–Kier alpha value is -1.51. The largest absolute Gasteiger partial charge is 0.464 e. The number of fused-ring (bicyclic) bond motifs is 1. The average Bonchev–Trinajstić information content (AvgIpc) is 2.59. The van der Waals surface area contributed by atoms with Gasteiger partial charge in [-0.05, 0) is 31.4 Å². The fourth-order valence-electron chi connectivity index (χ4n) is 1.76. The van der Waals surface area contributed by atoms with Gasteiger partial charge >= 0.3 is 0 Å². The summed E-state index contributed by atoms with van der Waals surface area (Å²) in [6.07, 6.45) is 7.34. The van der Waals surface area contributed by atoms with Gasteiger partial charge in [-0.1, -0.05) is 0 Å². The standard InChI is InChI=1S/C11H12N2O/c1-2-8(3-1)13-11-9-5-7-14-10(9)4-6-12-11/h4-8H,1-3H2,(H,12,13). The van der Waals surface area contributed by atoms with Gasteiger partial charge in [-0.3, -0.25) is 0 Å². The van der Waals surface area contributed by atoms with Gasteiger partial charge in [0, 0.05) is 12.2 Å². The molecule has 1 N–H and O–H groups in total. The molecule has 2 heterocycles. The van der Waals surface area contributed by atoms with Gasteiger partial charge in [0.05, 0.1) is 11.6 Å².